The molecule has 1 aliphatic carbocycles. The minimum Gasteiger partial charge on any atom is -0.327 e. The van der Waals surface area contributed by atoms with E-state index in [1.807, 2.05) is 6.07 Å². The molecule has 90 valence electrons. The van der Waals surface area contributed by atoms with E-state index in [0.717, 1.165) is 9.59 Å². The summed E-state index contributed by atoms with van der Waals surface area (Å²) in [5.41, 5.74) is 6.10. The molecule has 0 bridgehead atoms. The number of hydrogen-bond acceptors (Lipinski definition) is 3. The minimum atomic E-state index is 0.195. The third-order valence-electron chi connectivity index (χ3n) is 2.99. The maximum absolute atomic E-state index is 6.10. The van der Waals surface area contributed by atoms with E-state index in [4.69, 9.17) is 17.3 Å². The van der Waals surface area contributed by atoms with Crippen LogP contribution >= 0.6 is 34.7 Å². The van der Waals surface area contributed by atoms with Crippen LogP contribution in [0, 0.1) is 0 Å². The number of rotatable bonds is 4. The molecule has 4 heteroatoms. The molecule has 0 aromatic carbocycles. The summed E-state index contributed by atoms with van der Waals surface area (Å²) in [6, 6.07) is 4.30. The van der Waals surface area contributed by atoms with Crippen molar-refractivity contribution in [1.29, 1.82) is 0 Å². The third-order valence-corrected chi connectivity index (χ3v) is 6.29. The molecule has 0 saturated heterocycles. The summed E-state index contributed by atoms with van der Waals surface area (Å²) in [6.07, 6.45) is 5.48. The lowest BCUT2D eigenvalue weighted by Crippen LogP contribution is -2.23. The smallest absolute Gasteiger partial charge is 0.0931 e. The Morgan fingerprint density at radius 2 is 2.12 bits per heavy atom. The van der Waals surface area contributed by atoms with Crippen LogP contribution in [0.1, 0.15) is 42.7 Å². The van der Waals surface area contributed by atoms with Crippen molar-refractivity contribution in [1.82, 2.24) is 0 Å². The zero-order valence-electron chi connectivity index (χ0n) is 9.49. The quantitative estimate of drug-likeness (QED) is 0.878. The maximum Gasteiger partial charge on any atom is 0.0931 e. The Hall–Kier alpha value is 0.300. The minimum absolute atomic E-state index is 0.195. The topological polar surface area (TPSA) is 26.0 Å². The van der Waals surface area contributed by atoms with Crippen LogP contribution in [0.4, 0.5) is 0 Å². The van der Waals surface area contributed by atoms with Crippen LogP contribution in [0.3, 0.4) is 0 Å². The molecule has 2 unspecified atom stereocenters. The molecule has 1 nitrogen and oxygen atoms in total. The molecular formula is C12H18ClNS2. The Balaban J connectivity index is 2.04. The molecule has 2 atom stereocenters. The van der Waals surface area contributed by atoms with E-state index in [-0.39, 0.29) is 6.04 Å². The molecule has 0 amide bonds. The highest BCUT2D eigenvalue weighted by atomic mass is 35.5. The van der Waals surface area contributed by atoms with E-state index in [1.54, 1.807) is 11.3 Å². The van der Waals surface area contributed by atoms with Gasteiger partial charge in [-0.05, 0) is 31.9 Å². The van der Waals surface area contributed by atoms with E-state index < -0.39 is 0 Å². The Morgan fingerprint density at radius 3 is 2.62 bits per heavy atom. The van der Waals surface area contributed by atoms with E-state index in [9.17, 15) is 0 Å². The van der Waals surface area contributed by atoms with Crippen molar-refractivity contribution in [2.24, 2.45) is 5.73 Å². The summed E-state index contributed by atoms with van der Waals surface area (Å²) in [7, 11) is 0. The molecule has 1 aliphatic rings. The lowest BCUT2D eigenvalue weighted by atomic mass is 10.2. The second-order valence-corrected chi connectivity index (χ2v) is 7.66. The van der Waals surface area contributed by atoms with Crippen molar-refractivity contribution in [3.8, 4) is 0 Å². The first-order valence-corrected chi connectivity index (χ1v) is 7.97. The van der Waals surface area contributed by atoms with Gasteiger partial charge in [0.2, 0.25) is 0 Å². The molecule has 0 radical (unpaired) electrons. The lowest BCUT2D eigenvalue weighted by Gasteiger charge is -2.22. The van der Waals surface area contributed by atoms with Crippen molar-refractivity contribution in [3.05, 3.63) is 21.3 Å². The van der Waals surface area contributed by atoms with Gasteiger partial charge in [-0.3, -0.25) is 0 Å². The molecule has 1 aromatic rings. The SMILES string of the molecule is CC(N)C(SC1CCCC1)c1ccc(Cl)s1. The lowest BCUT2D eigenvalue weighted by molar-refractivity contribution is 0.723. The fourth-order valence-electron chi connectivity index (χ4n) is 2.16. The van der Waals surface area contributed by atoms with Crippen LogP contribution in [0.2, 0.25) is 4.34 Å². The largest absolute Gasteiger partial charge is 0.327 e. The van der Waals surface area contributed by atoms with Crippen LogP contribution in [0.5, 0.6) is 0 Å². The number of nitrogens with two attached hydrogens (primary N) is 1. The van der Waals surface area contributed by atoms with Crippen molar-refractivity contribution < 1.29 is 0 Å². The second-order valence-electron chi connectivity index (χ2n) is 4.46. The van der Waals surface area contributed by atoms with Crippen LogP contribution < -0.4 is 5.73 Å². The Morgan fingerprint density at radius 1 is 1.44 bits per heavy atom. The maximum atomic E-state index is 6.10. The zero-order valence-corrected chi connectivity index (χ0v) is 11.9. The molecular weight excluding hydrogens is 258 g/mol. The number of hydrogen-bond donors (Lipinski definition) is 1. The van der Waals surface area contributed by atoms with Gasteiger partial charge in [0, 0.05) is 16.2 Å². The van der Waals surface area contributed by atoms with Gasteiger partial charge in [0.05, 0.1) is 9.59 Å². The molecule has 1 saturated carbocycles. The number of halogens is 1. The highest BCUT2D eigenvalue weighted by molar-refractivity contribution is 8.00. The van der Waals surface area contributed by atoms with Gasteiger partial charge in [0.15, 0.2) is 0 Å². The predicted molar refractivity (Wildman–Crippen MR) is 75.6 cm³/mol. The highest BCUT2D eigenvalue weighted by Gasteiger charge is 2.25. The van der Waals surface area contributed by atoms with Crippen molar-refractivity contribution in [2.75, 3.05) is 0 Å². The third kappa shape index (κ3) is 3.16. The summed E-state index contributed by atoms with van der Waals surface area (Å²) in [5.74, 6) is 0. The fraction of sp³-hybridized carbons (Fsp3) is 0.667. The van der Waals surface area contributed by atoms with Gasteiger partial charge >= 0.3 is 0 Å². The first kappa shape index (κ1) is 12.7. The average Bonchev–Trinajstić information content (AvgIpc) is 2.84. The summed E-state index contributed by atoms with van der Waals surface area (Å²) in [4.78, 5) is 1.33. The zero-order chi connectivity index (χ0) is 11.5. The molecule has 2 rings (SSSR count). The highest BCUT2D eigenvalue weighted by Crippen LogP contribution is 2.43. The van der Waals surface area contributed by atoms with Gasteiger partial charge in [-0.25, -0.2) is 0 Å². The van der Waals surface area contributed by atoms with Gasteiger partial charge in [-0.1, -0.05) is 24.4 Å². The molecule has 0 aliphatic heterocycles. The molecule has 16 heavy (non-hydrogen) atoms. The summed E-state index contributed by atoms with van der Waals surface area (Å²) >= 11 is 9.72. The van der Waals surface area contributed by atoms with Crippen molar-refractivity contribution in [2.45, 2.75) is 49.1 Å². The van der Waals surface area contributed by atoms with Crippen LogP contribution in [-0.2, 0) is 0 Å². The number of thioether (sulfide) groups is 1. The van der Waals surface area contributed by atoms with Crippen LogP contribution in [0.15, 0.2) is 12.1 Å². The molecule has 1 aromatic heterocycles. The van der Waals surface area contributed by atoms with Crippen molar-refractivity contribution in [3.63, 3.8) is 0 Å². The standard InChI is InChI=1S/C12H18ClNS2/c1-8(14)12(10-6-7-11(13)16-10)15-9-4-2-3-5-9/h6-9,12H,2-5,14H2,1H3. The average molecular weight is 276 g/mol. The van der Waals surface area contributed by atoms with Gasteiger partial charge in [-0.15, -0.1) is 23.1 Å². The van der Waals surface area contributed by atoms with Crippen LogP contribution in [0.25, 0.3) is 0 Å². The number of thiophene rings is 1. The Bertz CT molecular complexity index is 332. The van der Waals surface area contributed by atoms with Gasteiger partial charge in [0.25, 0.3) is 0 Å². The summed E-state index contributed by atoms with van der Waals surface area (Å²) in [6.45, 7) is 2.10. The normalized spacial score (nSPS) is 21.2. The second kappa shape index (κ2) is 5.76. The first-order valence-electron chi connectivity index (χ1n) is 5.83. The van der Waals surface area contributed by atoms with E-state index in [1.165, 1.54) is 30.6 Å². The fourth-order valence-corrected chi connectivity index (χ4v) is 5.11. The molecule has 1 heterocycles. The molecule has 0 spiro atoms. The molecule has 1 fully saturated rings. The van der Waals surface area contributed by atoms with E-state index >= 15 is 0 Å². The van der Waals surface area contributed by atoms with Gasteiger partial charge < -0.3 is 5.73 Å². The summed E-state index contributed by atoms with van der Waals surface area (Å²) in [5, 5.41) is 1.22. The monoisotopic (exact) mass is 275 g/mol. The van der Waals surface area contributed by atoms with E-state index in [2.05, 4.69) is 24.8 Å². The first-order chi connectivity index (χ1) is 7.66. The Labute approximate surface area is 111 Å². The summed E-state index contributed by atoms with van der Waals surface area (Å²) < 4.78 is 0.868. The van der Waals surface area contributed by atoms with Crippen molar-refractivity contribution >= 4 is 34.7 Å². The Kier molecular flexibility index (Phi) is 4.59. The van der Waals surface area contributed by atoms with Crippen LogP contribution in [-0.4, -0.2) is 11.3 Å². The predicted octanol–water partition coefficient (Wildman–Crippen LogP) is 4.47. The van der Waals surface area contributed by atoms with Gasteiger partial charge in [0.1, 0.15) is 0 Å². The van der Waals surface area contributed by atoms with E-state index in [0.29, 0.717) is 5.25 Å². The molecule has 2 N–H and O–H groups in total. The van der Waals surface area contributed by atoms with Gasteiger partial charge in [-0.2, -0.15) is 0 Å².